The number of hydrogen-bond acceptors (Lipinski definition) is 2. The molecule has 2 heterocycles. The first-order chi connectivity index (χ1) is 9.83. The second-order valence-electron chi connectivity index (χ2n) is 5.84. The van der Waals surface area contributed by atoms with Crippen molar-refractivity contribution >= 4 is 11.3 Å². The van der Waals surface area contributed by atoms with Gasteiger partial charge in [0.2, 0.25) is 0 Å². The lowest BCUT2D eigenvalue weighted by atomic mass is 10.1. The van der Waals surface area contributed by atoms with Crippen LogP contribution < -0.4 is 0 Å². The molecule has 1 saturated heterocycles. The van der Waals surface area contributed by atoms with E-state index in [0.29, 0.717) is 6.04 Å². The highest BCUT2D eigenvalue weighted by molar-refractivity contribution is 7.10. The van der Waals surface area contributed by atoms with E-state index in [0.717, 1.165) is 6.54 Å². The van der Waals surface area contributed by atoms with Crippen molar-refractivity contribution in [2.45, 2.75) is 45.2 Å². The van der Waals surface area contributed by atoms with Crippen molar-refractivity contribution in [1.82, 2.24) is 4.90 Å². The van der Waals surface area contributed by atoms with Crippen molar-refractivity contribution in [1.29, 1.82) is 0 Å². The number of aryl methyl sites for hydroxylation is 1. The molecule has 1 atom stereocenters. The van der Waals surface area contributed by atoms with E-state index in [9.17, 15) is 0 Å². The standard InChI is InChI=1S/C18H23NS/c1-15-8-10-16(11-9-15)14-19-12-4-2-3-6-17(19)18-7-5-13-20-18/h5,7-11,13,17H,2-4,6,12,14H2,1H3. The minimum Gasteiger partial charge on any atom is -0.291 e. The van der Waals surface area contributed by atoms with Crippen LogP contribution in [0.2, 0.25) is 0 Å². The summed E-state index contributed by atoms with van der Waals surface area (Å²) in [5.41, 5.74) is 2.79. The maximum Gasteiger partial charge on any atom is 0.0445 e. The maximum absolute atomic E-state index is 2.68. The number of thiophene rings is 1. The Hall–Kier alpha value is -1.12. The molecule has 0 spiro atoms. The summed E-state index contributed by atoms with van der Waals surface area (Å²) < 4.78 is 0. The average Bonchev–Trinajstić information content (AvgIpc) is 2.89. The van der Waals surface area contributed by atoms with Gasteiger partial charge in [-0.05, 0) is 43.3 Å². The van der Waals surface area contributed by atoms with E-state index in [4.69, 9.17) is 0 Å². The number of nitrogens with zero attached hydrogens (tertiary/aromatic N) is 1. The van der Waals surface area contributed by atoms with E-state index in [-0.39, 0.29) is 0 Å². The average molecular weight is 285 g/mol. The first-order valence-corrected chi connectivity index (χ1v) is 8.54. The van der Waals surface area contributed by atoms with Crippen LogP contribution in [0, 0.1) is 6.92 Å². The summed E-state index contributed by atoms with van der Waals surface area (Å²) in [7, 11) is 0. The van der Waals surface area contributed by atoms with E-state index >= 15 is 0 Å². The fraction of sp³-hybridized carbons (Fsp3) is 0.444. The third-order valence-electron chi connectivity index (χ3n) is 4.24. The van der Waals surface area contributed by atoms with Crippen LogP contribution in [0.4, 0.5) is 0 Å². The van der Waals surface area contributed by atoms with Gasteiger partial charge < -0.3 is 0 Å². The molecular weight excluding hydrogens is 262 g/mol. The molecule has 1 aromatic carbocycles. The third-order valence-corrected chi connectivity index (χ3v) is 5.22. The van der Waals surface area contributed by atoms with Gasteiger partial charge in [0.25, 0.3) is 0 Å². The first kappa shape index (κ1) is 13.8. The molecule has 0 amide bonds. The fourth-order valence-corrected chi connectivity index (χ4v) is 3.98. The highest BCUT2D eigenvalue weighted by atomic mass is 32.1. The molecule has 0 radical (unpaired) electrons. The van der Waals surface area contributed by atoms with Gasteiger partial charge in [-0.2, -0.15) is 0 Å². The minimum absolute atomic E-state index is 0.624. The van der Waals surface area contributed by atoms with Crippen LogP contribution in [0.15, 0.2) is 41.8 Å². The second kappa shape index (κ2) is 6.55. The van der Waals surface area contributed by atoms with Crippen LogP contribution in [-0.2, 0) is 6.54 Å². The summed E-state index contributed by atoms with van der Waals surface area (Å²) in [6, 6.07) is 14.1. The molecule has 1 aliphatic rings. The molecule has 1 aromatic heterocycles. The number of rotatable bonds is 3. The van der Waals surface area contributed by atoms with Gasteiger partial charge in [0.1, 0.15) is 0 Å². The summed E-state index contributed by atoms with van der Waals surface area (Å²) in [5, 5.41) is 2.21. The van der Waals surface area contributed by atoms with E-state index < -0.39 is 0 Å². The van der Waals surface area contributed by atoms with Crippen LogP contribution in [0.5, 0.6) is 0 Å². The van der Waals surface area contributed by atoms with Crippen LogP contribution in [-0.4, -0.2) is 11.4 Å². The van der Waals surface area contributed by atoms with Crippen molar-refractivity contribution in [2.75, 3.05) is 6.54 Å². The van der Waals surface area contributed by atoms with Gasteiger partial charge in [0.05, 0.1) is 0 Å². The van der Waals surface area contributed by atoms with Crippen LogP contribution >= 0.6 is 11.3 Å². The van der Waals surface area contributed by atoms with E-state index in [1.54, 1.807) is 4.88 Å². The summed E-state index contributed by atoms with van der Waals surface area (Å²) in [5.74, 6) is 0. The topological polar surface area (TPSA) is 3.24 Å². The quantitative estimate of drug-likeness (QED) is 0.751. The SMILES string of the molecule is Cc1ccc(CN2CCCCCC2c2cccs2)cc1. The molecule has 1 fully saturated rings. The zero-order valence-corrected chi connectivity index (χ0v) is 13.0. The summed E-state index contributed by atoms with van der Waals surface area (Å²) in [6.45, 7) is 4.48. The van der Waals surface area contributed by atoms with Gasteiger partial charge >= 0.3 is 0 Å². The van der Waals surface area contributed by atoms with Crippen molar-refractivity contribution in [3.63, 3.8) is 0 Å². The Balaban J connectivity index is 1.78. The Morgan fingerprint density at radius 1 is 1.10 bits per heavy atom. The Labute approximate surface area is 126 Å². The van der Waals surface area contributed by atoms with Gasteiger partial charge in [-0.15, -0.1) is 11.3 Å². The molecule has 0 N–H and O–H groups in total. The molecule has 3 rings (SSSR count). The normalized spacial score (nSPS) is 20.8. The van der Waals surface area contributed by atoms with Gasteiger partial charge in [-0.3, -0.25) is 4.90 Å². The molecule has 1 unspecified atom stereocenters. The smallest absolute Gasteiger partial charge is 0.0445 e. The lowest BCUT2D eigenvalue weighted by molar-refractivity contribution is 0.195. The predicted octanol–water partition coefficient (Wildman–Crippen LogP) is 5.17. The van der Waals surface area contributed by atoms with Crippen LogP contribution in [0.25, 0.3) is 0 Å². The number of likely N-dealkylation sites (tertiary alicyclic amines) is 1. The molecule has 0 bridgehead atoms. The summed E-state index contributed by atoms with van der Waals surface area (Å²) in [6.07, 6.45) is 5.40. The first-order valence-electron chi connectivity index (χ1n) is 7.66. The Bertz CT molecular complexity index is 515. The molecule has 20 heavy (non-hydrogen) atoms. The Morgan fingerprint density at radius 3 is 2.70 bits per heavy atom. The van der Waals surface area contributed by atoms with Crippen molar-refractivity contribution in [3.05, 3.63) is 57.8 Å². The van der Waals surface area contributed by atoms with E-state index in [2.05, 4.69) is 53.6 Å². The van der Waals surface area contributed by atoms with E-state index in [1.807, 2.05) is 11.3 Å². The van der Waals surface area contributed by atoms with Gasteiger partial charge in [-0.25, -0.2) is 0 Å². The molecule has 1 aliphatic heterocycles. The molecule has 0 aliphatic carbocycles. The number of benzene rings is 1. The van der Waals surface area contributed by atoms with Crippen LogP contribution in [0.1, 0.15) is 47.7 Å². The fourth-order valence-electron chi connectivity index (χ4n) is 3.09. The predicted molar refractivity (Wildman–Crippen MR) is 87.1 cm³/mol. The second-order valence-corrected chi connectivity index (χ2v) is 6.82. The highest BCUT2D eigenvalue weighted by Crippen LogP contribution is 2.33. The molecule has 2 heteroatoms. The van der Waals surface area contributed by atoms with Crippen LogP contribution in [0.3, 0.4) is 0 Å². The zero-order valence-electron chi connectivity index (χ0n) is 12.2. The number of hydrogen-bond donors (Lipinski definition) is 0. The van der Waals surface area contributed by atoms with E-state index in [1.165, 1.54) is 43.4 Å². The summed E-state index contributed by atoms with van der Waals surface area (Å²) in [4.78, 5) is 4.22. The lowest BCUT2D eigenvalue weighted by Crippen LogP contribution is -2.27. The Morgan fingerprint density at radius 2 is 1.95 bits per heavy atom. The molecule has 0 saturated carbocycles. The molecular formula is C18H23NS. The van der Waals surface area contributed by atoms with Gasteiger partial charge in [0, 0.05) is 17.5 Å². The lowest BCUT2D eigenvalue weighted by Gasteiger charge is -2.29. The van der Waals surface area contributed by atoms with Crippen molar-refractivity contribution in [2.24, 2.45) is 0 Å². The van der Waals surface area contributed by atoms with Gasteiger partial charge in [0.15, 0.2) is 0 Å². The van der Waals surface area contributed by atoms with Crippen molar-refractivity contribution in [3.8, 4) is 0 Å². The summed E-state index contributed by atoms with van der Waals surface area (Å²) >= 11 is 1.91. The minimum atomic E-state index is 0.624. The largest absolute Gasteiger partial charge is 0.291 e. The van der Waals surface area contributed by atoms with Gasteiger partial charge in [-0.1, -0.05) is 48.7 Å². The maximum atomic E-state index is 2.68. The third kappa shape index (κ3) is 3.31. The molecule has 106 valence electrons. The molecule has 2 aromatic rings. The Kier molecular flexibility index (Phi) is 4.54. The van der Waals surface area contributed by atoms with Crippen molar-refractivity contribution < 1.29 is 0 Å². The zero-order chi connectivity index (χ0) is 13.8. The monoisotopic (exact) mass is 285 g/mol. The molecule has 1 nitrogen and oxygen atoms in total. The highest BCUT2D eigenvalue weighted by Gasteiger charge is 2.23.